The van der Waals surface area contributed by atoms with E-state index < -0.39 is 11.6 Å². The van der Waals surface area contributed by atoms with Gasteiger partial charge >= 0.3 is 0 Å². The molecular formula is C10H9BrF2N2. The first-order valence-corrected chi connectivity index (χ1v) is 5.03. The highest BCUT2D eigenvalue weighted by molar-refractivity contribution is 9.10. The van der Waals surface area contributed by atoms with Crippen molar-refractivity contribution in [1.29, 1.82) is 5.26 Å². The summed E-state index contributed by atoms with van der Waals surface area (Å²) in [4.78, 5) is 1.54. The van der Waals surface area contributed by atoms with Crippen LogP contribution < -0.4 is 0 Å². The molecule has 0 aromatic heterocycles. The first-order chi connectivity index (χ1) is 7.06. The summed E-state index contributed by atoms with van der Waals surface area (Å²) >= 11 is 2.98. The number of hydrogen-bond donors (Lipinski definition) is 0. The second-order valence-corrected chi connectivity index (χ2v) is 4.01. The Morgan fingerprint density at radius 3 is 2.73 bits per heavy atom. The zero-order chi connectivity index (χ0) is 11.4. The molecule has 0 aliphatic carbocycles. The van der Waals surface area contributed by atoms with Gasteiger partial charge in [-0.2, -0.15) is 5.26 Å². The molecular weight excluding hydrogens is 266 g/mol. The Morgan fingerprint density at radius 1 is 1.47 bits per heavy atom. The molecule has 0 heterocycles. The van der Waals surface area contributed by atoms with Crippen LogP contribution >= 0.6 is 15.9 Å². The van der Waals surface area contributed by atoms with Gasteiger partial charge in [-0.05, 0) is 35.1 Å². The Labute approximate surface area is 95.2 Å². The topological polar surface area (TPSA) is 27.0 Å². The SMILES string of the molecule is CN(CC#N)Cc1c(F)ccc(Br)c1F. The van der Waals surface area contributed by atoms with Crippen molar-refractivity contribution in [2.24, 2.45) is 0 Å². The molecule has 0 radical (unpaired) electrons. The second kappa shape index (κ2) is 5.19. The van der Waals surface area contributed by atoms with Crippen molar-refractivity contribution < 1.29 is 8.78 Å². The molecule has 0 bridgehead atoms. The highest BCUT2D eigenvalue weighted by atomic mass is 79.9. The van der Waals surface area contributed by atoms with Gasteiger partial charge < -0.3 is 0 Å². The van der Waals surface area contributed by atoms with Crippen LogP contribution in [0.4, 0.5) is 8.78 Å². The van der Waals surface area contributed by atoms with Gasteiger partial charge in [0.1, 0.15) is 11.6 Å². The van der Waals surface area contributed by atoms with Crippen molar-refractivity contribution in [1.82, 2.24) is 4.90 Å². The van der Waals surface area contributed by atoms with Crippen LogP contribution in [-0.4, -0.2) is 18.5 Å². The summed E-state index contributed by atoms with van der Waals surface area (Å²) in [5, 5.41) is 8.42. The van der Waals surface area contributed by atoms with E-state index in [1.54, 1.807) is 7.05 Å². The van der Waals surface area contributed by atoms with Crippen LogP contribution in [0.2, 0.25) is 0 Å². The van der Waals surface area contributed by atoms with Gasteiger partial charge in [-0.25, -0.2) is 8.78 Å². The van der Waals surface area contributed by atoms with Gasteiger partial charge in [-0.1, -0.05) is 0 Å². The van der Waals surface area contributed by atoms with E-state index in [0.29, 0.717) is 0 Å². The standard InChI is InChI=1S/C10H9BrF2N2/c1-15(5-4-14)6-7-9(12)3-2-8(11)10(7)13/h2-3H,5-6H2,1H3. The average Bonchev–Trinajstić information content (AvgIpc) is 2.19. The predicted molar refractivity (Wildman–Crippen MR) is 56.0 cm³/mol. The van der Waals surface area contributed by atoms with Crippen molar-refractivity contribution in [3.05, 3.63) is 33.8 Å². The van der Waals surface area contributed by atoms with Crippen molar-refractivity contribution in [2.45, 2.75) is 6.54 Å². The zero-order valence-electron chi connectivity index (χ0n) is 8.10. The van der Waals surface area contributed by atoms with E-state index in [4.69, 9.17) is 5.26 Å². The van der Waals surface area contributed by atoms with Crippen molar-refractivity contribution >= 4 is 15.9 Å². The molecule has 1 aromatic carbocycles. The molecule has 0 N–H and O–H groups in total. The molecule has 80 valence electrons. The monoisotopic (exact) mass is 274 g/mol. The molecule has 1 rings (SSSR count). The molecule has 0 saturated heterocycles. The van der Waals surface area contributed by atoms with Crippen LogP contribution in [0.3, 0.4) is 0 Å². The molecule has 0 unspecified atom stereocenters. The van der Waals surface area contributed by atoms with Gasteiger partial charge in [0.15, 0.2) is 0 Å². The summed E-state index contributed by atoms with van der Waals surface area (Å²) in [6.45, 7) is 0.204. The van der Waals surface area contributed by atoms with Crippen molar-refractivity contribution in [3.8, 4) is 6.07 Å². The van der Waals surface area contributed by atoms with Gasteiger partial charge in [-0.15, -0.1) is 0 Å². The molecule has 15 heavy (non-hydrogen) atoms. The lowest BCUT2D eigenvalue weighted by atomic mass is 10.2. The number of halogens is 3. The fourth-order valence-corrected chi connectivity index (χ4v) is 1.53. The number of rotatable bonds is 3. The number of nitrogens with zero attached hydrogens (tertiary/aromatic N) is 2. The maximum atomic E-state index is 13.5. The van der Waals surface area contributed by atoms with E-state index in [-0.39, 0.29) is 23.1 Å². The van der Waals surface area contributed by atoms with Crippen LogP contribution in [0.1, 0.15) is 5.56 Å². The second-order valence-electron chi connectivity index (χ2n) is 3.15. The van der Waals surface area contributed by atoms with Gasteiger partial charge in [-0.3, -0.25) is 4.90 Å². The lowest BCUT2D eigenvalue weighted by molar-refractivity contribution is 0.350. The van der Waals surface area contributed by atoms with Gasteiger partial charge in [0.25, 0.3) is 0 Å². The fourth-order valence-electron chi connectivity index (χ4n) is 1.16. The smallest absolute Gasteiger partial charge is 0.144 e. The third kappa shape index (κ3) is 2.98. The molecule has 0 atom stereocenters. The lowest BCUT2D eigenvalue weighted by Gasteiger charge is -2.14. The highest BCUT2D eigenvalue weighted by Crippen LogP contribution is 2.22. The highest BCUT2D eigenvalue weighted by Gasteiger charge is 2.13. The van der Waals surface area contributed by atoms with Crippen LogP contribution in [0, 0.1) is 23.0 Å². The normalized spacial score (nSPS) is 10.4. The van der Waals surface area contributed by atoms with E-state index in [0.717, 1.165) is 0 Å². The quantitative estimate of drug-likeness (QED) is 0.626. The maximum absolute atomic E-state index is 13.5. The summed E-state index contributed by atoms with van der Waals surface area (Å²) in [7, 11) is 1.63. The molecule has 2 nitrogen and oxygen atoms in total. The minimum atomic E-state index is -0.611. The van der Waals surface area contributed by atoms with Gasteiger partial charge in [0.2, 0.25) is 0 Å². The fraction of sp³-hybridized carbons (Fsp3) is 0.300. The van der Waals surface area contributed by atoms with E-state index >= 15 is 0 Å². The van der Waals surface area contributed by atoms with E-state index in [2.05, 4.69) is 15.9 Å². The third-order valence-electron chi connectivity index (χ3n) is 1.91. The van der Waals surface area contributed by atoms with E-state index in [1.807, 2.05) is 6.07 Å². The van der Waals surface area contributed by atoms with Crippen LogP contribution in [0.5, 0.6) is 0 Å². The van der Waals surface area contributed by atoms with Crippen molar-refractivity contribution in [2.75, 3.05) is 13.6 Å². The minimum absolute atomic E-state index is 0.0258. The average molecular weight is 275 g/mol. The molecule has 1 aromatic rings. The summed E-state index contributed by atoms with van der Waals surface area (Å²) in [6, 6.07) is 4.43. The number of hydrogen-bond acceptors (Lipinski definition) is 2. The third-order valence-corrected chi connectivity index (χ3v) is 2.52. The van der Waals surface area contributed by atoms with Gasteiger partial charge in [0.05, 0.1) is 17.1 Å². The molecule has 0 aliphatic rings. The lowest BCUT2D eigenvalue weighted by Crippen LogP contribution is -2.19. The zero-order valence-corrected chi connectivity index (χ0v) is 9.68. The maximum Gasteiger partial charge on any atom is 0.144 e. The Hall–Kier alpha value is -0.990. The summed E-state index contributed by atoms with van der Waals surface area (Å²) < 4.78 is 27.0. The van der Waals surface area contributed by atoms with Crippen molar-refractivity contribution in [3.63, 3.8) is 0 Å². The predicted octanol–water partition coefficient (Wildman–Crippen LogP) is 2.68. The molecule has 0 fully saturated rings. The molecule has 0 spiro atoms. The number of benzene rings is 1. The largest absolute Gasteiger partial charge is 0.289 e. The van der Waals surface area contributed by atoms with E-state index in [9.17, 15) is 8.78 Å². The summed E-state index contributed by atoms with van der Waals surface area (Å²) in [5.41, 5.74) is -0.0258. The van der Waals surface area contributed by atoms with Crippen LogP contribution in [0.25, 0.3) is 0 Å². The molecule has 0 saturated carbocycles. The first-order valence-electron chi connectivity index (χ1n) is 4.24. The Bertz CT molecular complexity index is 401. The Balaban J connectivity index is 2.94. The van der Waals surface area contributed by atoms with E-state index in [1.165, 1.54) is 17.0 Å². The number of nitriles is 1. The molecule has 5 heteroatoms. The summed E-state index contributed by atoms with van der Waals surface area (Å²) in [6.07, 6.45) is 0. The first kappa shape index (κ1) is 12.1. The van der Waals surface area contributed by atoms with Crippen LogP contribution in [0.15, 0.2) is 16.6 Å². The summed E-state index contributed by atoms with van der Waals surface area (Å²) in [5.74, 6) is -1.21. The molecule has 0 amide bonds. The Kier molecular flexibility index (Phi) is 4.18. The Morgan fingerprint density at radius 2 is 2.13 bits per heavy atom. The minimum Gasteiger partial charge on any atom is -0.289 e. The van der Waals surface area contributed by atoms with Crippen LogP contribution in [-0.2, 0) is 6.54 Å². The van der Waals surface area contributed by atoms with Gasteiger partial charge in [0, 0.05) is 12.1 Å². The molecule has 0 aliphatic heterocycles.